The van der Waals surface area contributed by atoms with Gasteiger partial charge in [0, 0.05) is 28.6 Å². The van der Waals surface area contributed by atoms with E-state index in [0.29, 0.717) is 34.0 Å². The van der Waals surface area contributed by atoms with Crippen molar-refractivity contribution in [3.05, 3.63) is 39.9 Å². The Bertz CT molecular complexity index is 870. The lowest BCUT2D eigenvalue weighted by Crippen LogP contribution is -2.10. The SMILES string of the molecule is Clc1cc(Cl)cc(-c2noc(NCc3nnc4n3CCCCC4)n2)c1. The molecule has 0 amide bonds. The molecule has 1 N–H and O–H groups in total. The third kappa shape index (κ3) is 3.62. The van der Waals surface area contributed by atoms with Crippen molar-refractivity contribution < 1.29 is 4.52 Å². The minimum Gasteiger partial charge on any atom is -0.330 e. The number of aryl methyl sites for hydroxylation is 1. The molecular weight excluding hydrogens is 363 g/mol. The molecule has 25 heavy (non-hydrogen) atoms. The van der Waals surface area contributed by atoms with Gasteiger partial charge in [-0.2, -0.15) is 4.98 Å². The predicted octanol–water partition coefficient (Wildman–Crippen LogP) is 3.97. The lowest BCUT2D eigenvalue weighted by Gasteiger charge is -2.06. The van der Waals surface area contributed by atoms with Gasteiger partial charge in [0.25, 0.3) is 0 Å². The summed E-state index contributed by atoms with van der Waals surface area (Å²) in [6, 6.07) is 5.45. The van der Waals surface area contributed by atoms with Gasteiger partial charge < -0.3 is 14.4 Å². The van der Waals surface area contributed by atoms with Crippen molar-refractivity contribution in [3.8, 4) is 11.4 Å². The summed E-state index contributed by atoms with van der Waals surface area (Å²) in [6.07, 6.45) is 4.53. The Morgan fingerprint density at radius 3 is 2.76 bits per heavy atom. The zero-order valence-electron chi connectivity index (χ0n) is 13.4. The second kappa shape index (κ2) is 7.01. The molecule has 0 fully saturated rings. The molecule has 3 heterocycles. The first-order valence-electron chi connectivity index (χ1n) is 8.14. The van der Waals surface area contributed by atoms with Crippen LogP contribution in [0.2, 0.25) is 10.0 Å². The summed E-state index contributed by atoms with van der Waals surface area (Å²) in [6.45, 7) is 1.43. The second-order valence-corrected chi connectivity index (χ2v) is 6.80. The first-order valence-corrected chi connectivity index (χ1v) is 8.89. The largest absolute Gasteiger partial charge is 0.330 e. The van der Waals surface area contributed by atoms with Gasteiger partial charge in [-0.05, 0) is 31.0 Å². The molecule has 0 saturated heterocycles. The molecule has 1 aliphatic rings. The standard InChI is InChI=1S/C16H16Cl2N6O/c17-11-6-10(7-12(18)8-11)15-20-16(25-23-15)19-9-14-22-21-13-4-2-1-3-5-24(13)14/h6-8H,1-5,9H2,(H,19,20,23). The molecule has 2 aromatic heterocycles. The van der Waals surface area contributed by atoms with Crippen molar-refractivity contribution >= 4 is 29.2 Å². The molecule has 1 aromatic carbocycles. The van der Waals surface area contributed by atoms with Crippen LogP contribution < -0.4 is 5.32 Å². The van der Waals surface area contributed by atoms with E-state index in [4.69, 9.17) is 27.7 Å². The van der Waals surface area contributed by atoms with Gasteiger partial charge in [-0.3, -0.25) is 0 Å². The van der Waals surface area contributed by atoms with Crippen LogP contribution in [0, 0.1) is 0 Å². The highest BCUT2D eigenvalue weighted by Gasteiger charge is 2.16. The van der Waals surface area contributed by atoms with E-state index in [2.05, 4.69) is 30.2 Å². The Balaban J connectivity index is 1.48. The Kier molecular flexibility index (Phi) is 4.59. The number of halogens is 2. The maximum atomic E-state index is 6.01. The normalized spacial score (nSPS) is 14.2. The maximum Gasteiger partial charge on any atom is 0.322 e. The van der Waals surface area contributed by atoms with Crippen LogP contribution in [0.3, 0.4) is 0 Å². The van der Waals surface area contributed by atoms with Crippen molar-refractivity contribution in [2.75, 3.05) is 5.32 Å². The van der Waals surface area contributed by atoms with Gasteiger partial charge in [0.1, 0.15) is 5.82 Å². The number of rotatable bonds is 4. The van der Waals surface area contributed by atoms with E-state index in [1.54, 1.807) is 18.2 Å². The van der Waals surface area contributed by atoms with Crippen molar-refractivity contribution in [3.63, 3.8) is 0 Å². The van der Waals surface area contributed by atoms with Crippen LogP contribution in [-0.4, -0.2) is 24.9 Å². The van der Waals surface area contributed by atoms with Crippen LogP contribution in [0.25, 0.3) is 11.4 Å². The number of hydrogen-bond donors (Lipinski definition) is 1. The zero-order valence-corrected chi connectivity index (χ0v) is 14.9. The molecule has 3 aromatic rings. The van der Waals surface area contributed by atoms with E-state index < -0.39 is 0 Å². The molecule has 9 heteroatoms. The van der Waals surface area contributed by atoms with Crippen molar-refractivity contribution in [2.45, 2.75) is 38.8 Å². The van der Waals surface area contributed by atoms with Crippen LogP contribution in [0.4, 0.5) is 6.01 Å². The minimum atomic E-state index is 0.317. The molecule has 0 radical (unpaired) electrons. The molecule has 0 aliphatic carbocycles. The summed E-state index contributed by atoms with van der Waals surface area (Å²) < 4.78 is 7.42. The third-order valence-electron chi connectivity index (χ3n) is 4.13. The summed E-state index contributed by atoms with van der Waals surface area (Å²) in [7, 11) is 0. The van der Waals surface area contributed by atoms with Gasteiger partial charge in [-0.1, -0.05) is 34.8 Å². The smallest absolute Gasteiger partial charge is 0.322 e. The number of hydrogen-bond acceptors (Lipinski definition) is 6. The van der Waals surface area contributed by atoms with Gasteiger partial charge in [-0.15, -0.1) is 10.2 Å². The summed E-state index contributed by atoms with van der Waals surface area (Å²) in [4.78, 5) is 4.33. The summed E-state index contributed by atoms with van der Waals surface area (Å²) in [5, 5.41) is 16.7. The molecule has 0 unspecified atom stereocenters. The van der Waals surface area contributed by atoms with Crippen LogP contribution in [0.15, 0.2) is 22.7 Å². The lowest BCUT2D eigenvalue weighted by atomic mass is 10.2. The van der Waals surface area contributed by atoms with Crippen molar-refractivity contribution in [2.24, 2.45) is 0 Å². The summed E-state index contributed by atoms with van der Waals surface area (Å²) >= 11 is 12.0. The number of benzene rings is 1. The number of aromatic nitrogens is 5. The molecule has 1 aliphatic heterocycles. The fraction of sp³-hybridized carbons (Fsp3) is 0.375. The number of anilines is 1. The van der Waals surface area contributed by atoms with E-state index >= 15 is 0 Å². The zero-order chi connectivity index (χ0) is 17.2. The highest BCUT2D eigenvalue weighted by molar-refractivity contribution is 6.35. The van der Waals surface area contributed by atoms with E-state index in [0.717, 1.165) is 31.0 Å². The molecule has 130 valence electrons. The maximum absolute atomic E-state index is 6.01. The number of nitrogens with zero attached hydrogens (tertiary/aromatic N) is 5. The third-order valence-corrected chi connectivity index (χ3v) is 4.57. The first kappa shape index (κ1) is 16.4. The predicted molar refractivity (Wildman–Crippen MR) is 94.7 cm³/mol. The average molecular weight is 379 g/mol. The fourth-order valence-electron chi connectivity index (χ4n) is 2.93. The summed E-state index contributed by atoms with van der Waals surface area (Å²) in [5.41, 5.74) is 0.700. The fourth-order valence-corrected chi connectivity index (χ4v) is 3.45. The Morgan fingerprint density at radius 1 is 1.08 bits per heavy atom. The monoisotopic (exact) mass is 378 g/mol. The Hall–Kier alpha value is -2.12. The van der Waals surface area contributed by atoms with Gasteiger partial charge in [0.2, 0.25) is 5.82 Å². The molecule has 0 saturated carbocycles. The summed E-state index contributed by atoms with van der Waals surface area (Å²) in [5.74, 6) is 2.35. The molecule has 0 atom stereocenters. The highest BCUT2D eigenvalue weighted by Crippen LogP contribution is 2.26. The van der Waals surface area contributed by atoms with Crippen LogP contribution in [0.5, 0.6) is 0 Å². The molecular formula is C16H16Cl2N6O. The highest BCUT2D eigenvalue weighted by atomic mass is 35.5. The van der Waals surface area contributed by atoms with Gasteiger partial charge in [-0.25, -0.2) is 0 Å². The molecule has 4 rings (SSSR count). The lowest BCUT2D eigenvalue weighted by molar-refractivity contribution is 0.431. The average Bonchev–Trinajstić information content (AvgIpc) is 3.13. The second-order valence-electron chi connectivity index (χ2n) is 5.93. The van der Waals surface area contributed by atoms with E-state index in [9.17, 15) is 0 Å². The molecule has 0 spiro atoms. The van der Waals surface area contributed by atoms with Gasteiger partial charge in [0.15, 0.2) is 5.82 Å². The number of fused-ring (bicyclic) bond motifs is 1. The van der Waals surface area contributed by atoms with Crippen LogP contribution in [-0.2, 0) is 19.5 Å². The Morgan fingerprint density at radius 2 is 1.92 bits per heavy atom. The van der Waals surface area contributed by atoms with Crippen LogP contribution >= 0.6 is 23.2 Å². The minimum absolute atomic E-state index is 0.317. The van der Waals surface area contributed by atoms with Gasteiger partial charge in [0.05, 0.1) is 6.54 Å². The van der Waals surface area contributed by atoms with E-state index in [1.807, 2.05) is 0 Å². The van der Waals surface area contributed by atoms with Crippen molar-refractivity contribution in [1.29, 1.82) is 0 Å². The van der Waals surface area contributed by atoms with E-state index in [1.165, 1.54) is 12.8 Å². The molecule has 0 bridgehead atoms. The van der Waals surface area contributed by atoms with E-state index in [-0.39, 0.29) is 0 Å². The molecule has 7 nitrogen and oxygen atoms in total. The van der Waals surface area contributed by atoms with Gasteiger partial charge >= 0.3 is 6.01 Å². The number of nitrogens with one attached hydrogen (secondary N) is 1. The van der Waals surface area contributed by atoms with Crippen LogP contribution in [0.1, 0.15) is 30.9 Å². The quantitative estimate of drug-likeness (QED) is 0.739. The van der Waals surface area contributed by atoms with Crippen molar-refractivity contribution in [1.82, 2.24) is 24.9 Å². The first-order chi connectivity index (χ1) is 12.2. The topological polar surface area (TPSA) is 81.7 Å². The Labute approximate surface area is 154 Å².